The summed E-state index contributed by atoms with van der Waals surface area (Å²) in [5, 5.41) is 2.61. The number of hydrogen-bond donors (Lipinski definition) is 2. The molecule has 2 aromatic rings. The van der Waals surface area contributed by atoms with Gasteiger partial charge in [-0.1, -0.05) is 11.8 Å². The van der Waals surface area contributed by atoms with Crippen LogP contribution in [0.15, 0.2) is 29.6 Å². The van der Waals surface area contributed by atoms with E-state index in [1.807, 2.05) is 0 Å². The van der Waals surface area contributed by atoms with E-state index < -0.39 is 11.2 Å². The molecule has 148 valence electrons. The second-order valence-electron chi connectivity index (χ2n) is 5.78. The Bertz CT molecular complexity index is 892. The molecule has 0 spiro atoms. The number of ether oxygens (including phenoxy) is 3. The van der Waals surface area contributed by atoms with Gasteiger partial charge in [0.1, 0.15) is 24.6 Å². The fraction of sp³-hybridized carbons (Fsp3) is 0.333. The Morgan fingerprint density at radius 2 is 2.07 bits per heavy atom. The summed E-state index contributed by atoms with van der Waals surface area (Å²) >= 11 is 1.13. The molecule has 0 bridgehead atoms. The normalized spacial score (nSPS) is 13.5. The van der Waals surface area contributed by atoms with E-state index >= 15 is 0 Å². The van der Waals surface area contributed by atoms with Crippen molar-refractivity contribution in [1.29, 1.82) is 0 Å². The van der Waals surface area contributed by atoms with Crippen molar-refractivity contribution < 1.29 is 23.8 Å². The second kappa shape index (κ2) is 8.79. The van der Waals surface area contributed by atoms with E-state index in [0.29, 0.717) is 30.4 Å². The highest BCUT2D eigenvalue weighted by Gasteiger charge is 2.20. The molecule has 0 aliphatic carbocycles. The van der Waals surface area contributed by atoms with Crippen molar-refractivity contribution in [3.63, 3.8) is 0 Å². The Morgan fingerprint density at radius 1 is 1.32 bits per heavy atom. The fourth-order valence-electron chi connectivity index (χ4n) is 2.38. The number of carbonyl (C=O) groups is 2. The Hall–Kier alpha value is -3.01. The number of hydrogen-bond acceptors (Lipinski definition) is 9. The first-order valence-electron chi connectivity index (χ1n) is 8.64. The molecule has 1 aliphatic heterocycles. The molecular weight excluding hydrogens is 384 g/mol. The number of nitrogens with two attached hydrogens (primary N) is 1. The maximum absolute atomic E-state index is 12.5. The third kappa shape index (κ3) is 4.63. The van der Waals surface area contributed by atoms with Gasteiger partial charge in [-0.3, -0.25) is 4.79 Å². The molecule has 1 aromatic carbocycles. The standard InChI is InChI=1S/C18H20N4O5S/c1-3-25-17(24)12-9-20-18(22-15(12)19)28-10(2)16(23)21-11-4-5-13-14(8-11)27-7-6-26-13/h4-5,8-10H,3,6-7H2,1-2H3,(H,21,23)(H2,19,20,22)/t10-/m1/s1. The zero-order valence-electron chi connectivity index (χ0n) is 15.4. The lowest BCUT2D eigenvalue weighted by Crippen LogP contribution is -2.23. The first-order chi connectivity index (χ1) is 13.5. The van der Waals surface area contributed by atoms with Gasteiger partial charge in [-0.05, 0) is 26.0 Å². The third-order valence-corrected chi connectivity index (χ3v) is 4.73. The highest BCUT2D eigenvalue weighted by Crippen LogP contribution is 2.33. The van der Waals surface area contributed by atoms with E-state index in [4.69, 9.17) is 19.9 Å². The summed E-state index contributed by atoms with van der Waals surface area (Å²) in [5.41, 5.74) is 6.50. The number of nitrogen functional groups attached to an aromatic ring is 1. The first-order valence-corrected chi connectivity index (χ1v) is 9.52. The molecule has 1 atom stereocenters. The van der Waals surface area contributed by atoms with Crippen LogP contribution in [0.5, 0.6) is 11.5 Å². The number of benzene rings is 1. The number of nitrogens with one attached hydrogen (secondary N) is 1. The number of aromatic nitrogens is 2. The maximum Gasteiger partial charge on any atom is 0.343 e. The van der Waals surface area contributed by atoms with Crippen molar-refractivity contribution in [2.24, 2.45) is 0 Å². The van der Waals surface area contributed by atoms with Gasteiger partial charge < -0.3 is 25.3 Å². The zero-order chi connectivity index (χ0) is 20.1. The molecule has 3 rings (SSSR count). The maximum atomic E-state index is 12.5. The number of rotatable bonds is 6. The van der Waals surface area contributed by atoms with Crippen molar-refractivity contribution in [3.05, 3.63) is 30.0 Å². The van der Waals surface area contributed by atoms with Gasteiger partial charge in [-0.2, -0.15) is 0 Å². The van der Waals surface area contributed by atoms with E-state index in [1.165, 1.54) is 6.20 Å². The van der Waals surface area contributed by atoms with Crippen molar-refractivity contribution in [2.45, 2.75) is 24.3 Å². The van der Waals surface area contributed by atoms with Crippen molar-refractivity contribution >= 4 is 35.1 Å². The molecule has 0 saturated heterocycles. The topological polar surface area (TPSA) is 126 Å². The van der Waals surface area contributed by atoms with Crippen LogP contribution in [-0.4, -0.2) is 46.9 Å². The lowest BCUT2D eigenvalue weighted by molar-refractivity contribution is -0.115. The van der Waals surface area contributed by atoms with E-state index in [0.717, 1.165) is 11.8 Å². The lowest BCUT2D eigenvalue weighted by Gasteiger charge is -2.19. The largest absolute Gasteiger partial charge is 0.486 e. The van der Waals surface area contributed by atoms with Crippen molar-refractivity contribution in [1.82, 2.24) is 9.97 Å². The van der Waals surface area contributed by atoms with Crippen LogP contribution in [0.25, 0.3) is 0 Å². The van der Waals surface area contributed by atoms with Crippen LogP contribution in [0.4, 0.5) is 11.5 Å². The molecule has 1 amide bonds. The molecule has 1 aromatic heterocycles. The summed E-state index contributed by atoms with van der Waals surface area (Å²) in [6.07, 6.45) is 1.30. The van der Waals surface area contributed by atoms with Gasteiger partial charge in [0, 0.05) is 18.0 Å². The van der Waals surface area contributed by atoms with Crippen LogP contribution in [0.1, 0.15) is 24.2 Å². The SMILES string of the molecule is CCOC(=O)c1cnc(S[C@H](C)C(=O)Nc2ccc3c(c2)OCCO3)nc1N. The molecule has 0 saturated carbocycles. The quantitative estimate of drug-likeness (QED) is 0.423. The van der Waals surface area contributed by atoms with Crippen LogP contribution in [0, 0.1) is 0 Å². The fourth-order valence-corrected chi connectivity index (χ4v) is 3.12. The summed E-state index contributed by atoms with van der Waals surface area (Å²) in [6, 6.07) is 5.21. The van der Waals surface area contributed by atoms with Crippen LogP contribution in [0.2, 0.25) is 0 Å². The molecule has 1 aliphatic rings. The summed E-state index contributed by atoms with van der Waals surface area (Å²) in [6.45, 7) is 4.62. The molecule has 0 unspecified atom stereocenters. The van der Waals surface area contributed by atoms with Crippen LogP contribution in [-0.2, 0) is 9.53 Å². The lowest BCUT2D eigenvalue weighted by atomic mass is 10.2. The Labute approximate surface area is 166 Å². The second-order valence-corrected chi connectivity index (χ2v) is 7.09. The number of amides is 1. The number of fused-ring (bicyclic) bond motifs is 1. The van der Waals surface area contributed by atoms with E-state index in [-0.39, 0.29) is 29.1 Å². The van der Waals surface area contributed by atoms with Crippen LogP contribution >= 0.6 is 11.8 Å². The van der Waals surface area contributed by atoms with Gasteiger partial charge in [0.15, 0.2) is 16.7 Å². The predicted octanol–water partition coefficient (Wildman–Crippen LogP) is 2.13. The molecule has 2 heterocycles. The molecule has 9 nitrogen and oxygen atoms in total. The molecule has 0 fully saturated rings. The van der Waals surface area contributed by atoms with Gasteiger partial charge in [-0.15, -0.1) is 0 Å². The smallest absolute Gasteiger partial charge is 0.343 e. The molecule has 28 heavy (non-hydrogen) atoms. The molecule has 3 N–H and O–H groups in total. The number of anilines is 2. The minimum Gasteiger partial charge on any atom is -0.486 e. The van der Waals surface area contributed by atoms with Crippen LogP contribution in [0.3, 0.4) is 0 Å². The minimum absolute atomic E-state index is 0.00962. The number of thioether (sulfide) groups is 1. The van der Waals surface area contributed by atoms with Gasteiger partial charge in [0.2, 0.25) is 5.91 Å². The zero-order valence-corrected chi connectivity index (χ0v) is 16.2. The molecule has 10 heteroatoms. The number of esters is 1. The highest BCUT2D eigenvalue weighted by molar-refractivity contribution is 8.00. The Kier molecular flexibility index (Phi) is 6.19. The number of nitrogens with zero attached hydrogens (tertiary/aromatic N) is 2. The van der Waals surface area contributed by atoms with E-state index in [2.05, 4.69) is 15.3 Å². The highest BCUT2D eigenvalue weighted by atomic mass is 32.2. The summed E-state index contributed by atoms with van der Waals surface area (Å²) < 4.78 is 15.9. The van der Waals surface area contributed by atoms with Crippen LogP contribution < -0.4 is 20.5 Å². The van der Waals surface area contributed by atoms with Crippen molar-refractivity contribution in [2.75, 3.05) is 30.9 Å². The third-order valence-electron chi connectivity index (χ3n) is 3.75. The van der Waals surface area contributed by atoms with Gasteiger partial charge >= 0.3 is 5.97 Å². The monoisotopic (exact) mass is 404 g/mol. The average molecular weight is 404 g/mol. The van der Waals surface area contributed by atoms with Gasteiger partial charge in [0.25, 0.3) is 0 Å². The van der Waals surface area contributed by atoms with Gasteiger partial charge in [0.05, 0.1) is 11.9 Å². The van der Waals surface area contributed by atoms with Gasteiger partial charge in [-0.25, -0.2) is 14.8 Å². The number of carbonyl (C=O) groups excluding carboxylic acids is 2. The molecule has 0 radical (unpaired) electrons. The van der Waals surface area contributed by atoms with E-state index in [1.54, 1.807) is 32.0 Å². The summed E-state index contributed by atoms with van der Waals surface area (Å²) in [4.78, 5) is 32.4. The Morgan fingerprint density at radius 3 is 2.79 bits per heavy atom. The molecular formula is C18H20N4O5S. The predicted molar refractivity (Wildman–Crippen MR) is 104 cm³/mol. The summed E-state index contributed by atoms with van der Waals surface area (Å²) in [7, 11) is 0. The average Bonchev–Trinajstić information content (AvgIpc) is 2.68. The van der Waals surface area contributed by atoms with Crippen molar-refractivity contribution in [3.8, 4) is 11.5 Å². The first kappa shape index (κ1) is 19.7. The van der Waals surface area contributed by atoms with E-state index in [9.17, 15) is 9.59 Å². The summed E-state index contributed by atoms with van der Waals surface area (Å²) in [5.74, 6) is 0.432. The minimum atomic E-state index is -0.582. The Balaban J connectivity index is 1.62.